The third-order valence-electron chi connectivity index (χ3n) is 2.80. The van der Waals surface area contributed by atoms with Gasteiger partial charge in [-0.2, -0.15) is 0 Å². The van der Waals surface area contributed by atoms with E-state index in [9.17, 15) is 8.42 Å². The molecule has 0 aromatic carbocycles. The van der Waals surface area contributed by atoms with Crippen LogP contribution in [0.15, 0.2) is 17.4 Å². The molecule has 1 aliphatic rings. The van der Waals surface area contributed by atoms with Crippen molar-refractivity contribution in [3.05, 3.63) is 18.1 Å². The Labute approximate surface area is 107 Å². The fraction of sp³-hybridized carbons (Fsp3) is 0.600. The van der Waals surface area contributed by atoms with E-state index in [1.54, 1.807) is 6.92 Å². The summed E-state index contributed by atoms with van der Waals surface area (Å²) in [5, 5.41) is 2.87. The van der Waals surface area contributed by atoms with Crippen molar-refractivity contribution in [2.45, 2.75) is 30.0 Å². The molecule has 1 fully saturated rings. The number of nitrogens with one attached hydrogen (secondary N) is 1. The maximum atomic E-state index is 12.3. The topological polar surface area (TPSA) is 72.0 Å². The number of aryl methyl sites for hydroxylation is 1. The van der Waals surface area contributed by atoms with Crippen LogP contribution in [0.5, 0.6) is 0 Å². The van der Waals surface area contributed by atoms with Crippen LogP contribution in [0.1, 0.15) is 18.5 Å². The first-order valence-corrected chi connectivity index (χ1v) is 6.89. The van der Waals surface area contributed by atoms with Crippen molar-refractivity contribution in [2.75, 3.05) is 13.1 Å². The Morgan fingerprint density at radius 3 is 2.65 bits per heavy atom. The second-order valence-electron chi connectivity index (χ2n) is 3.96. The molecule has 1 N–H and O–H groups in total. The first kappa shape index (κ1) is 14.3. The third-order valence-corrected chi connectivity index (χ3v) is 5.02. The average molecular weight is 278 g/mol. The van der Waals surface area contributed by atoms with E-state index < -0.39 is 9.84 Å². The van der Waals surface area contributed by atoms with Crippen LogP contribution in [0, 0.1) is 6.92 Å². The molecule has 0 bridgehead atoms. The van der Waals surface area contributed by atoms with E-state index in [1.165, 1.54) is 12.4 Å². The summed E-state index contributed by atoms with van der Waals surface area (Å²) < 4.78 is 24.5. The average Bonchev–Trinajstić information content (AvgIpc) is 2.30. The Hall–Kier alpha value is -0.720. The lowest BCUT2D eigenvalue weighted by Gasteiger charge is -2.22. The van der Waals surface area contributed by atoms with Crippen LogP contribution in [-0.2, 0) is 9.84 Å². The van der Waals surface area contributed by atoms with Gasteiger partial charge in [0.2, 0.25) is 9.84 Å². The smallest absolute Gasteiger partial charge is 0.201 e. The van der Waals surface area contributed by atoms with Crippen LogP contribution in [0.4, 0.5) is 0 Å². The molecule has 2 rings (SSSR count). The minimum absolute atomic E-state index is 0. The van der Waals surface area contributed by atoms with Gasteiger partial charge in [-0.15, -0.1) is 12.4 Å². The molecule has 7 heteroatoms. The zero-order valence-corrected chi connectivity index (χ0v) is 11.2. The Bertz CT molecular complexity index is 472. The summed E-state index contributed by atoms with van der Waals surface area (Å²) in [6, 6.07) is 0. The predicted molar refractivity (Wildman–Crippen MR) is 67.1 cm³/mol. The molecule has 2 heterocycles. The molecule has 17 heavy (non-hydrogen) atoms. The standard InChI is InChI=1S/C10H15N3O2S.ClH/c1-8-10(13-6-5-12-8)16(14,15)9-3-2-4-11-7-9;/h5-6,9,11H,2-4,7H2,1H3;1H. The summed E-state index contributed by atoms with van der Waals surface area (Å²) in [6.07, 6.45) is 4.53. The Kier molecular flexibility index (Phi) is 4.85. The van der Waals surface area contributed by atoms with Crippen molar-refractivity contribution in [3.63, 3.8) is 0 Å². The monoisotopic (exact) mass is 277 g/mol. The van der Waals surface area contributed by atoms with Gasteiger partial charge < -0.3 is 5.32 Å². The summed E-state index contributed by atoms with van der Waals surface area (Å²) in [7, 11) is -3.33. The highest BCUT2D eigenvalue weighted by Crippen LogP contribution is 2.20. The molecule has 0 spiro atoms. The van der Waals surface area contributed by atoms with E-state index in [4.69, 9.17) is 0 Å². The second-order valence-corrected chi connectivity index (χ2v) is 6.10. The lowest BCUT2D eigenvalue weighted by molar-refractivity contribution is 0.494. The van der Waals surface area contributed by atoms with Crippen molar-refractivity contribution in [1.82, 2.24) is 15.3 Å². The van der Waals surface area contributed by atoms with Gasteiger partial charge in [-0.25, -0.2) is 13.4 Å². The zero-order chi connectivity index (χ0) is 11.6. The lowest BCUT2D eigenvalue weighted by Crippen LogP contribution is -2.39. The summed E-state index contributed by atoms with van der Waals surface area (Å²) in [6.45, 7) is 3.08. The van der Waals surface area contributed by atoms with Crippen LogP contribution in [0.3, 0.4) is 0 Å². The second kappa shape index (κ2) is 5.75. The largest absolute Gasteiger partial charge is 0.315 e. The van der Waals surface area contributed by atoms with Gasteiger partial charge >= 0.3 is 0 Å². The third kappa shape index (κ3) is 2.94. The van der Waals surface area contributed by atoms with Crippen molar-refractivity contribution in [1.29, 1.82) is 0 Å². The van der Waals surface area contributed by atoms with E-state index in [0.717, 1.165) is 13.0 Å². The molecule has 0 radical (unpaired) electrons. The number of piperidine rings is 1. The number of rotatable bonds is 2. The molecule has 0 saturated carbocycles. The molecule has 1 aromatic rings. The Morgan fingerprint density at radius 2 is 2.06 bits per heavy atom. The molecular weight excluding hydrogens is 262 g/mol. The van der Waals surface area contributed by atoms with Crippen molar-refractivity contribution < 1.29 is 8.42 Å². The van der Waals surface area contributed by atoms with Crippen LogP contribution in [0.25, 0.3) is 0 Å². The molecule has 1 saturated heterocycles. The van der Waals surface area contributed by atoms with Crippen molar-refractivity contribution in [3.8, 4) is 0 Å². The fourth-order valence-corrected chi connectivity index (χ4v) is 3.72. The molecule has 0 amide bonds. The molecule has 1 unspecified atom stereocenters. The van der Waals surface area contributed by atoms with Crippen molar-refractivity contribution >= 4 is 22.2 Å². The van der Waals surface area contributed by atoms with Gasteiger partial charge in [-0.1, -0.05) is 0 Å². The number of nitrogens with zero attached hydrogens (tertiary/aromatic N) is 2. The molecule has 0 aliphatic carbocycles. The summed E-state index contributed by atoms with van der Waals surface area (Å²) in [5.41, 5.74) is 0.480. The number of hydrogen-bond donors (Lipinski definition) is 1. The highest BCUT2D eigenvalue weighted by molar-refractivity contribution is 7.92. The fourth-order valence-electron chi connectivity index (χ4n) is 1.92. The van der Waals surface area contributed by atoms with Gasteiger partial charge in [-0.05, 0) is 26.3 Å². The highest BCUT2D eigenvalue weighted by Gasteiger charge is 2.31. The summed E-state index contributed by atoms with van der Waals surface area (Å²) in [4.78, 5) is 7.93. The van der Waals surface area contributed by atoms with Gasteiger partial charge in [-0.3, -0.25) is 4.98 Å². The Morgan fingerprint density at radius 1 is 1.35 bits per heavy atom. The van der Waals surface area contributed by atoms with Crippen LogP contribution < -0.4 is 5.32 Å². The van der Waals surface area contributed by atoms with Crippen LogP contribution in [-0.4, -0.2) is 36.7 Å². The molecule has 1 atom stereocenters. The normalized spacial score (nSPS) is 20.6. The van der Waals surface area contributed by atoms with Crippen LogP contribution >= 0.6 is 12.4 Å². The highest BCUT2D eigenvalue weighted by atomic mass is 35.5. The minimum Gasteiger partial charge on any atom is -0.315 e. The van der Waals surface area contributed by atoms with Gasteiger partial charge in [0, 0.05) is 18.9 Å². The SMILES string of the molecule is Cc1nccnc1S(=O)(=O)C1CCCNC1.Cl. The number of aromatic nitrogens is 2. The first-order valence-electron chi connectivity index (χ1n) is 5.34. The van der Waals surface area contributed by atoms with Gasteiger partial charge in [0.25, 0.3) is 0 Å². The summed E-state index contributed by atoms with van der Waals surface area (Å²) in [5.74, 6) is 0. The van der Waals surface area contributed by atoms with E-state index in [1.807, 2.05) is 0 Å². The van der Waals surface area contributed by atoms with E-state index >= 15 is 0 Å². The van der Waals surface area contributed by atoms with Gasteiger partial charge in [0.15, 0.2) is 5.03 Å². The van der Waals surface area contributed by atoms with Gasteiger partial charge in [0.05, 0.1) is 10.9 Å². The van der Waals surface area contributed by atoms with E-state index in [-0.39, 0.29) is 22.7 Å². The number of halogens is 1. The molecule has 1 aliphatic heterocycles. The quantitative estimate of drug-likeness (QED) is 0.863. The maximum absolute atomic E-state index is 12.3. The Balaban J connectivity index is 0.00000144. The van der Waals surface area contributed by atoms with Crippen molar-refractivity contribution in [2.24, 2.45) is 0 Å². The summed E-state index contributed by atoms with van der Waals surface area (Å²) >= 11 is 0. The van der Waals surface area contributed by atoms with Crippen LogP contribution in [0.2, 0.25) is 0 Å². The van der Waals surface area contributed by atoms with E-state index in [2.05, 4.69) is 15.3 Å². The number of hydrogen-bond acceptors (Lipinski definition) is 5. The molecule has 96 valence electrons. The zero-order valence-electron chi connectivity index (χ0n) is 9.59. The molecule has 5 nitrogen and oxygen atoms in total. The minimum atomic E-state index is -3.33. The number of sulfone groups is 1. The molecule has 1 aromatic heterocycles. The predicted octanol–water partition coefficient (Wildman–Crippen LogP) is 0.733. The maximum Gasteiger partial charge on any atom is 0.201 e. The lowest BCUT2D eigenvalue weighted by atomic mass is 10.2. The van der Waals surface area contributed by atoms with Gasteiger partial charge in [0.1, 0.15) is 0 Å². The molecular formula is C10H16ClN3O2S. The first-order chi connectivity index (χ1) is 7.62. The van der Waals surface area contributed by atoms with E-state index in [0.29, 0.717) is 18.7 Å².